The predicted octanol–water partition coefficient (Wildman–Crippen LogP) is 2.58. The van der Waals surface area contributed by atoms with Gasteiger partial charge in [-0.25, -0.2) is 4.98 Å². The highest BCUT2D eigenvalue weighted by molar-refractivity contribution is 6.30. The van der Waals surface area contributed by atoms with Crippen LogP contribution >= 0.6 is 11.6 Å². The van der Waals surface area contributed by atoms with E-state index < -0.39 is 0 Å². The summed E-state index contributed by atoms with van der Waals surface area (Å²) >= 11 is 5.89. The van der Waals surface area contributed by atoms with Crippen molar-refractivity contribution in [2.24, 2.45) is 0 Å². The summed E-state index contributed by atoms with van der Waals surface area (Å²) in [5.74, 6) is -0.0130. The van der Waals surface area contributed by atoms with Crippen LogP contribution in [0.15, 0.2) is 30.6 Å². The lowest BCUT2D eigenvalue weighted by atomic mass is 10.2. The predicted molar refractivity (Wildman–Crippen MR) is 88.1 cm³/mol. The van der Waals surface area contributed by atoms with Crippen molar-refractivity contribution < 1.29 is 4.79 Å². The van der Waals surface area contributed by atoms with Gasteiger partial charge in [-0.05, 0) is 45.3 Å². The smallest absolute Gasteiger partial charge is 0.254 e. The number of aromatic amines is 1. The number of nitrogens with zero attached hydrogens (tertiary/aromatic N) is 3. The monoisotopic (exact) mass is 320 g/mol. The van der Waals surface area contributed by atoms with Gasteiger partial charge >= 0.3 is 0 Å². The van der Waals surface area contributed by atoms with Crippen LogP contribution in [0.3, 0.4) is 0 Å². The number of rotatable bonds is 6. The van der Waals surface area contributed by atoms with E-state index in [0.29, 0.717) is 23.7 Å². The third kappa shape index (κ3) is 4.32. The van der Waals surface area contributed by atoms with Crippen LogP contribution in [-0.2, 0) is 6.54 Å². The highest BCUT2D eigenvalue weighted by Gasteiger charge is 2.18. The molecule has 0 aliphatic heterocycles. The van der Waals surface area contributed by atoms with Crippen LogP contribution in [0.1, 0.15) is 21.7 Å². The first kappa shape index (κ1) is 16.5. The van der Waals surface area contributed by atoms with Gasteiger partial charge in [0.05, 0.1) is 18.6 Å². The molecule has 1 amide bonds. The average molecular weight is 321 g/mol. The SMILES string of the molecule is Cc1[nH]cnc1CN(CCN(C)C)C(=O)c1ccc(Cl)cc1. The molecule has 0 saturated heterocycles. The van der Waals surface area contributed by atoms with Crippen LogP contribution in [0.2, 0.25) is 5.02 Å². The van der Waals surface area contributed by atoms with Crippen molar-refractivity contribution >= 4 is 17.5 Å². The van der Waals surface area contributed by atoms with E-state index in [2.05, 4.69) is 14.9 Å². The molecular formula is C16H21ClN4O. The Bertz CT molecular complexity index is 621. The zero-order valence-electron chi connectivity index (χ0n) is 13.1. The molecule has 5 nitrogen and oxygen atoms in total. The number of benzene rings is 1. The second-order valence-electron chi connectivity index (χ2n) is 5.51. The van der Waals surface area contributed by atoms with E-state index in [9.17, 15) is 4.79 Å². The maximum absolute atomic E-state index is 12.7. The van der Waals surface area contributed by atoms with E-state index in [1.165, 1.54) is 0 Å². The summed E-state index contributed by atoms with van der Waals surface area (Å²) in [6.07, 6.45) is 1.65. The lowest BCUT2D eigenvalue weighted by Crippen LogP contribution is -2.36. The maximum Gasteiger partial charge on any atom is 0.254 e. The molecule has 0 saturated carbocycles. The van der Waals surface area contributed by atoms with E-state index in [4.69, 9.17) is 11.6 Å². The van der Waals surface area contributed by atoms with Crippen molar-refractivity contribution in [2.75, 3.05) is 27.2 Å². The molecule has 6 heteroatoms. The number of imidazole rings is 1. The van der Waals surface area contributed by atoms with Crippen molar-refractivity contribution in [3.8, 4) is 0 Å². The van der Waals surface area contributed by atoms with E-state index in [1.807, 2.05) is 25.9 Å². The minimum atomic E-state index is -0.0130. The number of amides is 1. The number of aromatic nitrogens is 2. The van der Waals surface area contributed by atoms with E-state index in [-0.39, 0.29) is 5.91 Å². The van der Waals surface area contributed by atoms with Crippen LogP contribution < -0.4 is 0 Å². The van der Waals surface area contributed by atoms with Gasteiger partial charge in [0.15, 0.2) is 0 Å². The summed E-state index contributed by atoms with van der Waals surface area (Å²) in [6, 6.07) is 6.98. The molecule has 1 N–H and O–H groups in total. The number of carbonyl (C=O) groups excluding carboxylic acids is 1. The molecule has 0 aliphatic carbocycles. The van der Waals surface area contributed by atoms with Crippen LogP contribution in [0, 0.1) is 6.92 Å². The summed E-state index contributed by atoms with van der Waals surface area (Å²) in [6.45, 7) is 3.88. The molecular weight excluding hydrogens is 300 g/mol. The van der Waals surface area contributed by atoms with Crippen molar-refractivity contribution in [3.63, 3.8) is 0 Å². The zero-order valence-corrected chi connectivity index (χ0v) is 13.9. The molecule has 1 aromatic carbocycles. The quantitative estimate of drug-likeness (QED) is 0.890. The second-order valence-corrected chi connectivity index (χ2v) is 5.95. The Kier molecular flexibility index (Phi) is 5.57. The normalized spacial score (nSPS) is 11.0. The molecule has 2 aromatic rings. The second kappa shape index (κ2) is 7.42. The van der Waals surface area contributed by atoms with Gasteiger partial charge in [0.2, 0.25) is 0 Å². The van der Waals surface area contributed by atoms with E-state index in [0.717, 1.165) is 17.9 Å². The van der Waals surface area contributed by atoms with Crippen molar-refractivity contribution in [1.82, 2.24) is 19.8 Å². The fraction of sp³-hybridized carbons (Fsp3) is 0.375. The van der Waals surface area contributed by atoms with Crippen molar-refractivity contribution in [3.05, 3.63) is 52.6 Å². The highest BCUT2D eigenvalue weighted by Crippen LogP contribution is 2.14. The first-order valence-corrected chi connectivity index (χ1v) is 7.53. The largest absolute Gasteiger partial charge is 0.348 e. The zero-order chi connectivity index (χ0) is 16.1. The molecule has 0 unspecified atom stereocenters. The third-order valence-corrected chi connectivity index (χ3v) is 3.72. The molecule has 2 rings (SSSR count). The van der Waals surface area contributed by atoms with E-state index >= 15 is 0 Å². The summed E-state index contributed by atoms with van der Waals surface area (Å²) in [5.41, 5.74) is 2.51. The van der Waals surface area contributed by atoms with Gasteiger partial charge in [0.1, 0.15) is 0 Å². The lowest BCUT2D eigenvalue weighted by Gasteiger charge is -2.24. The topological polar surface area (TPSA) is 52.2 Å². The summed E-state index contributed by atoms with van der Waals surface area (Å²) in [7, 11) is 3.98. The highest BCUT2D eigenvalue weighted by atomic mass is 35.5. The Hall–Kier alpha value is -1.85. The Morgan fingerprint density at radius 1 is 1.23 bits per heavy atom. The number of halogens is 1. The molecule has 0 spiro atoms. The van der Waals surface area contributed by atoms with Crippen LogP contribution in [0.5, 0.6) is 0 Å². The number of aryl methyl sites for hydroxylation is 1. The third-order valence-electron chi connectivity index (χ3n) is 3.47. The lowest BCUT2D eigenvalue weighted by molar-refractivity contribution is 0.0730. The Balaban J connectivity index is 2.17. The molecule has 22 heavy (non-hydrogen) atoms. The molecule has 0 aliphatic rings. The molecule has 0 radical (unpaired) electrons. The van der Waals surface area contributed by atoms with Gasteiger partial charge in [-0.3, -0.25) is 4.79 Å². The molecule has 0 bridgehead atoms. The number of hydrogen-bond acceptors (Lipinski definition) is 3. The van der Waals surface area contributed by atoms with Crippen LogP contribution in [-0.4, -0.2) is 52.9 Å². The average Bonchev–Trinajstić information content (AvgIpc) is 2.88. The van der Waals surface area contributed by atoms with Gasteiger partial charge in [-0.2, -0.15) is 0 Å². The fourth-order valence-corrected chi connectivity index (χ4v) is 2.20. The standard InChI is InChI=1S/C16H21ClN4O/c1-12-15(19-11-18-12)10-21(9-8-20(2)3)16(22)13-4-6-14(17)7-5-13/h4-7,11H,8-10H2,1-3H3,(H,18,19). The number of nitrogens with one attached hydrogen (secondary N) is 1. The van der Waals surface area contributed by atoms with Gasteiger partial charge in [0.25, 0.3) is 5.91 Å². The Labute approximate surface area is 135 Å². The summed E-state index contributed by atoms with van der Waals surface area (Å²) in [4.78, 5) is 23.9. The first-order chi connectivity index (χ1) is 10.5. The molecule has 0 fully saturated rings. The Morgan fingerprint density at radius 2 is 1.91 bits per heavy atom. The fourth-order valence-electron chi connectivity index (χ4n) is 2.08. The van der Waals surface area contributed by atoms with Crippen LogP contribution in [0.25, 0.3) is 0 Å². The molecule has 1 heterocycles. The minimum absolute atomic E-state index is 0.0130. The van der Waals surface area contributed by atoms with Gasteiger partial charge in [0, 0.05) is 29.4 Å². The van der Waals surface area contributed by atoms with Crippen LogP contribution in [0.4, 0.5) is 0 Å². The first-order valence-electron chi connectivity index (χ1n) is 7.16. The van der Waals surface area contributed by atoms with Gasteiger partial charge in [-0.15, -0.1) is 0 Å². The van der Waals surface area contributed by atoms with E-state index in [1.54, 1.807) is 30.6 Å². The van der Waals surface area contributed by atoms with Crippen molar-refractivity contribution in [1.29, 1.82) is 0 Å². The number of hydrogen-bond donors (Lipinski definition) is 1. The van der Waals surface area contributed by atoms with Gasteiger partial charge in [-0.1, -0.05) is 11.6 Å². The Morgan fingerprint density at radius 3 is 2.45 bits per heavy atom. The minimum Gasteiger partial charge on any atom is -0.348 e. The molecule has 0 atom stereocenters. The summed E-state index contributed by atoms with van der Waals surface area (Å²) < 4.78 is 0. The number of carbonyl (C=O) groups is 1. The molecule has 118 valence electrons. The maximum atomic E-state index is 12.7. The number of likely N-dealkylation sites (N-methyl/N-ethyl adjacent to an activating group) is 1. The van der Waals surface area contributed by atoms with Crippen molar-refractivity contribution in [2.45, 2.75) is 13.5 Å². The van der Waals surface area contributed by atoms with Gasteiger partial charge < -0.3 is 14.8 Å². The molecule has 1 aromatic heterocycles. The number of H-pyrrole nitrogens is 1. The summed E-state index contributed by atoms with van der Waals surface area (Å²) in [5, 5.41) is 0.625.